The highest BCUT2D eigenvalue weighted by Crippen LogP contribution is 2.38. The van der Waals surface area contributed by atoms with Crippen molar-refractivity contribution in [3.8, 4) is 5.75 Å². The molecule has 1 amide bonds. The summed E-state index contributed by atoms with van der Waals surface area (Å²) in [6.45, 7) is 0.269. The molecular formula is C19H21NO3. The number of aliphatic hydroxyl groups excluding tert-OH is 1. The van der Waals surface area contributed by atoms with Crippen molar-refractivity contribution in [1.29, 1.82) is 0 Å². The summed E-state index contributed by atoms with van der Waals surface area (Å²) >= 11 is 0. The second-order valence-electron chi connectivity index (χ2n) is 5.93. The van der Waals surface area contributed by atoms with Crippen molar-refractivity contribution in [2.75, 3.05) is 13.7 Å². The highest BCUT2D eigenvalue weighted by Gasteiger charge is 2.44. The highest BCUT2D eigenvalue weighted by atomic mass is 16.5. The Morgan fingerprint density at radius 1 is 1.22 bits per heavy atom. The maximum atomic E-state index is 12.8. The summed E-state index contributed by atoms with van der Waals surface area (Å²) in [5, 5.41) is 12.9. The van der Waals surface area contributed by atoms with E-state index in [-0.39, 0.29) is 12.5 Å². The number of hydrogen-bond acceptors (Lipinski definition) is 3. The third kappa shape index (κ3) is 2.82. The lowest BCUT2D eigenvalue weighted by atomic mass is 9.81. The van der Waals surface area contributed by atoms with Gasteiger partial charge >= 0.3 is 0 Å². The molecule has 1 aliphatic rings. The Kier molecular flexibility index (Phi) is 4.35. The smallest absolute Gasteiger partial charge is 0.233 e. The minimum Gasteiger partial charge on any atom is -0.497 e. The number of aryl methyl sites for hydroxylation is 1. The first-order chi connectivity index (χ1) is 11.2. The van der Waals surface area contributed by atoms with Crippen LogP contribution in [0.15, 0.2) is 48.5 Å². The van der Waals surface area contributed by atoms with E-state index in [1.54, 1.807) is 7.11 Å². The largest absolute Gasteiger partial charge is 0.497 e. The zero-order chi connectivity index (χ0) is 16.3. The van der Waals surface area contributed by atoms with Crippen LogP contribution in [0.5, 0.6) is 5.75 Å². The first-order valence-electron chi connectivity index (χ1n) is 7.80. The summed E-state index contributed by atoms with van der Waals surface area (Å²) < 4.78 is 5.13. The lowest BCUT2D eigenvalue weighted by Crippen LogP contribution is -2.45. The van der Waals surface area contributed by atoms with Crippen molar-refractivity contribution >= 4 is 5.91 Å². The number of carbonyl (C=O) groups is 1. The van der Waals surface area contributed by atoms with Crippen LogP contribution in [0.3, 0.4) is 0 Å². The van der Waals surface area contributed by atoms with Gasteiger partial charge in [0.2, 0.25) is 5.91 Å². The second kappa shape index (κ2) is 6.42. The molecule has 0 bridgehead atoms. The molecule has 0 aliphatic heterocycles. The number of amides is 1. The van der Waals surface area contributed by atoms with Gasteiger partial charge in [-0.05, 0) is 41.7 Å². The number of nitrogens with one attached hydrogen (secondary N) is 1. The molecule has 0 fully saturated rings. The predicted octanol–water partition coefficient (Wildman–Crippen LogP) is 2.19. The molecule has 1 atom stereocenters. The van der Waals surface area contributed by atoms with E-state index in [1.165, 1.54) is 0 Å². The van der Waals surface area contributed by atoms with Gasteiger partial charge in [-0.1, -0.05) is 36.4 Å². The van der Waals surface area contributed by atoms with Gasteiger partial charge in [0.1, 0.15) is 5.75 Å². The van der Waals surface area contributed by atoms with Crippen molar-refractivity contribution in [3.63, 3.8) is 0 Å². The Hall–Kier alpha value is -2.33. The Morgan fingerprint density at radius 3 is 2.65 bits per heavy atom. The Labute approximate surface area is 136 Å². The van der Waals surface area contributed by atoms with Crippen LogP contribution in [0, 0.1) is 0 Å². The zero-order valence-corrected chi connectivity index (χ0v) is 13.2. The summed E-state index contributed by atoms with van der Waals surface area (Å²) in [4.78, 5) is 12.8. The van der Waals surface area contributed by atoms with Crippen LogP contribution in [-0.4, -0.2) is 24.7 Å². The van der Waals surface area contributed by atoms with E-state index in [1.807, 2.05) is 48.5 Å². The molecule has 0 saturated heterocycles. The van der Waals surface area contributed by atoms with Gasteiger partial charge in [-0.2, -0.15) is 0 Å². The lowest BCUT2D eigenvalue weighted by Gasteiger charge is -2.27. The van der Waals surface area contributed by atoms with Crippen LogP contribution < -0.4 is 10.1 Å². The van der Waals surface area contributed by atoms with Crippen molar-refractivity contribution in [2.24, 2.45) is 0 Å². The number of rotatable bonds is 5. The number of aliphatic hydroxyl groups is 1. The molecule has 0 aromatic heterocycles. The quantitative estimate of drug-likeness (QED) is 0.890. The minimum atomic E-state index is -0.816. The van der Waals surface area contributed by atoms with Gasteiger partial charge in [-0.25, -0.2) is 0 Å². The maximum absolute atomic E-state index is 12.8. The van der Waals surface area contributed by atoms with E-state index in [0.29, 0.717) is 13.0 Å². The van der Waals surface area contributed by atoms with E-state index in [0.717, 1.165) is 28.9 Å². The number of fused-ring (bicyclic) bond motifs is 1. The van der Waals surface area contributed by atoms with Crippen LogP contribution in [0.2, 0.25) is 0 Å². The normalized spacial score (nSPS) is 19.2. The van der Waals surface area contributed by atoms with Gasteiger partial charge < -0.3 is 15.2 Å². The van der Waals surface area contributed by atoms with Crippen molar-refractivity contribution in [3.05, 3.63) is 65.2 Å². The third-order valence-corrected chi connectivity index (χ3v) is 4.67. The molecule has 0 radical (unpaired) electrons. The Balaban J connectivity index is 1.74. The number of benzene rings is 2. The zero-order valence-electron chi connectivity index (χ0n) is 13.2. The van der Waals surface area contributed by atoms with Crippen molar-refractivity contribution in [1.82, 2.24) is 5.32 Å². The number of hydrogen-bond donors (Lipinski definition) is 2. The summed E-state index contributed by atoms with van der Waals surface area (Å²) in [5.74, 6) is 0.678. The third-order valence-electron chi connectivity index (χ3n) is 4.67. The van der Waals surface area contributed by atoms with Gasteiger partial charge in [-0.3, -0.25) is 4.79 Å². The fraction of sp³-hybridized carbons (Fsp3) is 0.316. The molecule has 2 aromatic rings. The number of ether oxygens (including phenoxy) is 1. The summed E-state index contributed by atoms with van der Waals surface area (Å²) in [6.07, 6.45) is 1.48. The Bertz CT molecular complexity index is 696. The van der Waals surface area contributed by atoms with E-state index in [4.69, 9.17) is 4.74 Å². The summed E-state index contributed by atoms with van der Waals surface area (Å²) in [6, 6.07) is 15.5. The fourth-order valence-corrected chi connectivity index (χ4v) is 3.25. The molecule has 0 heterocycles. The first-order valence-corrected chi connectivity index (χ1v) is 7.80. The van der Waals surface area contributed by atoms with Crippen LogP contribution in [0.25, 0.3) is 0 Å². The summed E-state index contributed by atoms with van der Waals surface area (Å²) in [7, 11) is 1.62. The molecule has 4 heteroatoms. The first kappa shape index (κ1) is 15.6. The molecule has 23 heavy (non-hydrogen) atoms. The number of methoxy groups -OCH3 is 1. The average molecular weight is 311 g/mol. The van der Waals surface area contributed by atoms with E-state index in [9.17, 15) is 9.90 Å². The van der Waals surface area contributed by atoms with Crippen molar-refractivity contribution in [2.45, 2.75) is 24.8 Å². The SMILES string of the molecule is COc1ccc(CNC(=O)C2(CO)CCc3ccccc32)cc1. The van der Waals surface area contributed by atoms with Crippen LogP contribution in [0.1, 0.15) is 23.1 Å². The molecule has 0 spiro atoms. The molecule has 120 valence electrons. The molecule has 2 aromatic carbocycles. The van der Waals surface area contributed by atoms with Crippen LogP contribution in [-0.2, 0) is 23.2 Å². The highest BCUT2D eigenvalue weighted by molar-refractivity contribution is 5.89. The molecule has 1 unspecified atom stereocenters. The molecule has 2 N–H and O–H groups in total. The minimum absolute atomic E-state index is 0.110. The van der Waals surface area contributed by atoms with Crippen molar-refractivity contribution < 1.29 is 14.6 Å². The lowest BCUT2D eigenvalue weighted by molar-refractivity contribution is -0.128. The molecule has 4 nitrogen and oxygen atoms in total. The van der Waals surface area contributed by atoms with E-state index < -0.39 is 5.41 Å². The molecule has 1 aliphatic carbocycles. The van der Waals surface area contributed by atoms with E-state index in [2.05, 4.69) is 5.32 Å². The van der Waals surface area contributed by atoms with Crippen LogP contribution in [0.4, 0.5) is 0 Å². The standard InChI is InChI=1S/C19H21NO3/c1-23-16-8-6-14(7-9-16)12-20-18(22)19(13-21)11-10-15-4-2-3-5-17(15)19/h2-9,21H,10-13H2,1H3,(H,20,22). The van der Waals surface area contributed by atoms with Gasteiger partial charge in [0, 0.05) is 6.54 Å². The maximum Gasteiger partial charge on any atom is 0.233 e. The monoisotopic (exact) mass is 311 g/mol. The van der Waals surface area contributed by atoms with Gasteiger partial charge in [0.25, 0.3) is 0 Å². The second-order valence-corrected chi connectivity index (χ2v) is 5.93. The average Bonchev–Trinajstić information content (AvgIpc) is 3.00. The predicted molar refractivity (Wildman–Crippen MR) is 88.4 cm³/mol. The van der Waals surface area contributed by atoms with E-state index >= 15 is 0 Å². The topological polar surface area (TPSA) is 58.6 Å². The number of carbonyl (C=O) groups excluding carboxylic acids is 1. The fourth-order valence-electron chi connectivity index (χ4n) is 3.25. The molecular weight excluding hydrogens is 290 g/mol. The van der Waals surface area contributed by atoms with Crippen LogP contribution >= 0.6 is 0 Å². The molecule has 0 saturated carbocycles. The summed E-state index contributed by atoms with van der Waals surface area (Å²) in [5.41, 5.74) is 2.29. The van der Waals surface area contributed by atoms with Gasteiger partial charge in [0.05, 0.1) is 19.1 Å². The van der Waals surface area contributed by atoms with Gasteiger partial charge in [0.15, 0.2) is 0 Å². The Morgan fingerprint density at radius 2 is 1.96 bits per heavy atom. The molecule has 3 rings (SSSR count). The van der Waals surface area contributed by atoms with Gasteiger partial charge in [-0.15, -0.1) is 0 Å².